The molecule has 0 unspecified atom stereocenters. The summed E-state index contributed by atoms with van der Waals surface area (Å²) < 4.78 is 11.8. The fourth-order valence-corrected chi connectivity index (χ4v) is 4.52. The summed E-state index contributed by atoms with van der Waals surface area (Å²) in [7, 11) is 0. The Balaban J connectivity index is 1.57. The highest BCUT2D eigenvalue weighted by Crippen LogP contribution is 2.39. The third-order valence-corrected chi connectivity index (χ3v) is 6.30. The Morgan fingerprint density at radius 2 is 1.78 bits per heavy atom. The monoisotopic (exact) mass is 516 g/mol. The lowest BCUT2D eigenvalue weighted by atomic mass is 9.95. The third kappa shape index (κ3) is 5.46. The molecule has 1 aliphatic carbocycles. The van der Waals surface area contributed by atoms with Crippen molar-refractivity contribution >= 4 is 34.5 Å². The summed E-state index contributed by atoms with van der Waals surface area (Å²) in [5, 5.41) is 5.31. The SMILES string of the molecule is C=C/C=C1/C=C(c2ccc(OCc3c(-c4c(Cl)cccc4Cl)noc3C(C)C)cc2)C=CC1=NC=C. The van der Waals surface area contributed by atoms with Gasteiger partial charge < -0.3 is 9.26 Å². The number of hydrogen-bond acceptors (Lipinski definition) is 4. The first-order chi connectivity index (χ1) is 17.4. The Hall–Kier alpha value is -3.60. The van der Waals surface area contributed by atoms with Gasteiger partial charge in [0.05, 0.1) is 21.3 Å². The average Bonchev–Trinajstić information content (AvgIpc) is 3.28. The summed E-state index contributed by atoms with van der Waals surface area (Å²) in [6.07, 6.45) is 11.3. The molecule has 0 atom stereocenters. The van der Waals surface area contributed by atoms with Crippen molar-refractivity contribution in [2.24, 2.45) is 4.99 Å². The van der Waals surface area contributed by atoms with Gasteiger partial charge in [-0.1, -0.05) is 91.8 Å². The second-order valence-electron chi connectivity index (χ2n) is 8.43. The number of ether oxygens (including phenoxy) is 1. The van der Waals surface area contributed by atoms with Crippen LogP contribution in [0.1, 0.15) is 36.7 Å². The zero-order chi connectivity index (χ0) is 25.7. The third-order valence-electron chi connectivity index (χ3n) is 5.67. The summed E-state index contributed by atoms with van der Waals surface area (Å²) in [5.41, 5.74) is 6.01. The molecule has 6 heteroatoms. The topological polar surface area (TPSA) is 47.6 Å². The van der Waals surface area contributed by atoms with E-state index in [2.05, 4.69) is 29.4 Å². The van der Waals surface area contributed by atoms with Gasteiger partial charge in [0, 0.05) is 23.3 Å². The van der Waals surface area contributed by atoms with Gasteiger partial charge in [0.15, 0.2) is 0 Å². The second-order valence-corrected chi connectivity index (χ2v) is 9.24. The van der Waals surface area contributed by atoms with Crippen molar-refractivity contribution in [1.82, 2.24) is 5.16 Å². The highest BCUT2D eigenvalue weighted by molar-refractivity contribution is 6.39. The number of halogens is 2. The van der Waals surface area contributed by atoms with Gasteiger partial charge in [-0.05, 0) is 47.6 Å². The lowest BCUT2D eigenvalue weighted by Crippen LogP contribution is -2.02. The van der Waals surface area contributed by atoms with Gasteiger partial charge in [-0.25, -0.2) is 0 Å². The van der Waals surface area contributed by atoms with E-state index in [1.165, 1.54) is 6.20 Å². The maximum Gasteiger partial charge on any atom is 0.146 e. The molecule has 0 amide bonds. The molecule has 0 fully saturated rings. The molecular weight excluding hydrogens is 491 g/mol. The van der Waals surface area contributed by atoms with Crippen LogP contribution in [-0.4, -0.2) is 10.9 Å². The molecule has 0 saturated heterocycles. The molecule has 0 radical (unpaired) electrons. The van der Waals surface area contributed by atoms with Gasteiger partial charge in [-0.3, -0.25) is 4.99 Å². The molecule has 1 heterocycles. The van der Waals surface area contributed by atoms with E-state index in [-0.39, 0.29) is 12.5 Å². The van der Waals surface area contributed by atoms with E-state index in [9.17, 15) is 0 Å². The number of hydrogen-bond donors (Lipinski definition) is 0. The molecule has 2 aromatic carbocycles. The van der Waals surface area contributed by atoms with Crippen LogP contribution in [-0.2, 0) is 6.61 Å². The number of aliphatic imine (C=N–C) groups is 1. The fourth-order valence-electron chi connectivity index (χ4n) is 3.95. The molecule has 0 aliphatic heterocycles. The molecule has 1 aromatic heterocycles. The minimum Gasteiger partial charge on any atom is -0.489 e. The molecule has 4 rings (SSSR count). The van der Waals surface area contributed by atoms with Gasteiger partial charge in [-0.15, -0.1) is 0 Å². The first-order valence-electron chi connectivity index (χ1n) is 11.5. The van der Waals surface area contributed by atoms with Gasteiger partial charge in [0.1, 0.15) is 23.8 Å². The maximum atomic E-state index is 6.45. The highest BCUT2D eigenvalue weighted by Gasteiger charge is 2.23. The lowest BCUT2D eigenvalue weighted by molar-refractivity contribution is 0.298. The van der Waals surface area contributed by atoms with Crippen LogP contribution >= 0.6 is 23.2 Å². The number of allylic oxidation sites excluding steroid dienone is 7. The van der Waals surface area contributed by atoms with Crippen LogP contribution in [0.2, 0.25) is 10.0 Å². The molecule has 0 bridgehead atoms. The summed E-state index contributed by atoms with van der Waals surface area (Å²) in [4.78, 5) is 4.32. The van der Waals surface area contributed by atoms with E-state index in [0.29, 0.717) is 21.3 Å². The predicted molar refractivity (Wildman–Crippen MR) is 150 cm³/mol. The molecule has 4 nitrogen and oxygen atoms in total. The normalized spacial score (nSPS) is 15.4. The molecule has 0 spiro atoms. The predicted octanol–water partition coefficient (Wildman–Crippen LogP) is 9.00. The lowest BCUT2D eigenvalue weighted by Gasteiger charge is -2.13. The largest absolute Gasteiger partial charge is 0.489 e. The van der Waals surface area contributed by atoms with Crippen molar-refractivity contribution < 1.29 is 9.26 Å². The summed E-state index contributed by atoms with van der Waals surface area (Å²) in [6, 6.07) is 13.3. The summed E-state index contributed by atoms with van der Waals surface area (Å²) >= 11 is 12.9. The average molecular weight is 517 g/mol. The van der Waals surface area contributed by atoms with Crippen molar-refractivity contribution in [3.63, 3.8) is 0 Å². The van der Waals surface area contributed by atoms with Crippen molar-refractivity contribution in [3.05, 3.63) is 125 Å². The van der Waals surface area contributed by atoms with E-state index in [1.807, 2.05) is 56.3 Å². The van der Waals surface area contributed by atoms with Gasteiger partial charge >= 0.3 is 0 Å². The number of rotatable bonds is 8. The number of benzene rings is 2. The van der Waals surface area contributed by atoms with Crippen molar-refractivity contribution in [1.29, 1.82) is 0 Å². The molecule has 0 saturated carbocycles. The molecule has 1 aliphatic rings. The van der Waals surface area contributed by atoms with Crippen LogP contribution in [0.25, 0.3) is 16.8 Å². The molecule has 182 valence electrons. The number of nitrogens with zero attached hydrogens (tertiary/aromatic N) is 2. The van der Waals surface area contributed by atoms with Gasteiger partial charge in [0.25, 0.3) is 0 Å². The van der Waals surface area contributed by atoms with Crippen LogP contribution in [0.5, 0.6) is 5.75 Å². The molecule has 3 aromatic rings. The van der Waals surface area contributed by atoms with Crippen molar-refractivity contribution in [2.45, 2.75) is 26.4 Å². The van der Waals surface area contributed by atoms with E-state index < -0.39 is 0 Å². The molecular formula is C30H26Cl2N2O2. The van der Waals surface area contributed by atoms with Gasteiger partial charge in [0.2, 0.25) is 0 Å². The zero-order valence-corrected chi connectivity index (χ0v) is 21.7. The minimum absolute atomic E-state index is 0.117. The highest BCUT2D eigenvalue weighted by atomic mass is 35.5. The Kier molecular flexibility index (Phi) is 8.09. The standard InChI is InChI=1S/C30H26Cl2N2O2/c1-5-8-22-17-21(13-16-27(22)33-6-2)20-11-14-23(15-12-20)35-18-24-29(34-36-30(24)19(3)4)28-25(31)9-7-10-26(28)32/h5-17,19H,1-2,18H2,3-4H3/b22-8-,33-27?. The number of aromatic nitrogens is 1. The van der Waals surface area contributed by atoms with Crippen LogP contribution in [0.4, 0.5) is 0 Å². The van der Waals surface area contributed by atoms with Crippen LogP contribution in [0.3, 0.4) is 0 Å². The van der Waals surface area contributed by atoms with Crippen LogP contribution in [0, 0.1) is 0 Å². The zero-order valence-electron chi connectivity index (χ0n) is 20.2. The van der Waals surface area contributed by atoms with Crippen molar-refractivity contribution in [3.8, 4) is 17.0 Å². The second kappa shape index (κ2) is 11.4. The van der Waals surface area contributed by atoms with Crippen LogP contribution < -0.4 is 4.74 Å². The summed E-state index contributed by atoms with van der Waals surface area (Å²) in [5.74, 6) is 1.58. The fraction of sp³-hybridized carbons (Fsp3) is 0.133. The Morgan fingerprint density at radius 1 is 1.06 bits per heavy atom. The van der Waals surface area contributed by atoms with E-state index >= 15 is 0 Å². The van der Waals surface area contributed by atoms with Gasteiger partial charge in [-0.2, -0.15) is 0 Å². The minimum atomic E-state index is 0.117. The summed E-state index contributed by atoms with van der Waals surface area (Å²) in [6.45, 7) is 11.8. The molecule has 0 N–H and O–H groups in total. The smallest absolute Gasteiger partial charge is 0.146 e. The van der Waals surface area contributed by atoms with E-state index in [4.69, 9.17) is 32.5 Å². The Morgan fingerprint density at radius 3 is 2.42 bits per heavy atom. The van der Waals surface area contributed by atoms with Crippen molar-refractivity contribution in [2.75, 3.05) is 0 Å². The first-order valence-corrected chi connectivity index (χ1v) is 12.3. The maximum absolute atomic E-state index is 6.45. The Labute approximate surface area is 221 Å². The van der Waals surface area contributed by atoms with Crippen LogP contribution in [0.15, 0.2) is 107 Å². The molecule has 36 heavy (non-hydrogen) atoms. The quantitative estimate of drug-likeness (QED) is 0.300. The van der Waals surface area contributed by atoms with E-state index in [0.717, 1.165) is 39.5 Å². The Bertz CT molecular complexity index is 1390. The van der Waals surface area contributed by atoms with E-state index in [1.54, 1.807) is 24.3 Å². The first kappa shape index (κ1) is 25.5.